The average molecular weight is 375 g/mol. The first-order chi connectivity index (χ1) is 13.5. The van der Waals surface area contributed by atoms with Gasteiger partial charge in [-0.15, -0.1) is 0 Å². The van der Waals surface area contributed by atoms with Crippen LogP contribution >= 0.6 is 0 Å². The Morgan fingerprint density at radius 1 is 0.929 bits per heavy atom. The maximum absolute atomic E-state index is 12.2. The maximum Gasteiger partial charge on any atom is 0.411 e. The lowest BCUT2D eigenvalue weighted by Crippen LogP contribution is -2.18. The van der Waals surface area contributed by atoms with Gasteiger partial charge in [0.2, 0.25) is 0 Å². The van der Waals surface area contributed by atoms with E-state index in [-0.39, 0.29) is 29.5 Å². The van der Waals surface area contributed by atoms with Gasteiger partial charge in [0.05, 0.1) is 11.3 Å². The Labute approximate surface area is 161 Å². The molecule has 0 saturated heterocycles. The molecule has 28 heavy (non-hydrogen) atoms. The molecule has 3 aromatic rings. The van der Waals surface area contributed by atoms with Crippen molar-refractivity contribution in [3.63, 3.8) is 0 Å². The lowest BCUT2D eigenvalue weighted by Gasteiger charge is -2.15. The van der Waals surface area contributed by atoms with Crippen LogP contribution in [0.4, 0.5) is 10.5 Å². The normalized spacial score (nSPS) is 12.1. The van der Waals surface area contributed by atoms with Gasteiger partial charge in [0, 0.05) is 5.92 Å². The molecule has 6 nitrogen and oxygen atoms in total. The minimum Gasteiger partial charge on any atom is -0.506 e. The second-order valence-corrected chi connectivity index (χ2v) is 6.49. The fraction of sp³-hybridized carbons (Fsp3) is 0.0909. The summed E-state index contributed by atoms with van der Waals surface area (Å²) in [5.74, 6) is -1.57. The van der Waals surface area contributed by atoms with Crippen molar-refractivity contribution in [1.29, 1.82) is 0 Å². The van der Waals surface area contributed by atoms with Gasteiger partial charge in [0.15, 0.2) is 0 Å². The molecule has 0 aromatic heterocycles. The summed E-state index contributed by atoms with van der Waals surface area (Å²) < 4.78 is 5.40. The highest BCUT2D eigenvalue weighted by Gasteiger charge is 2.29. The number of nitrogens with one attached hydrogen (secondary N) is 1. The van der Waals surface area contributed by atoms with Crippen molar-refractivity contribution >= 4 is 17.7 Å². The molecular weight excluding hydrogens is 358 g/mol. The van der Waals surface area contributed by atoms with Gasteiger partial charge in [0.25, 0.3) is 0 Å². The van der Waals surface area contributed by atoms with E-state index in [9.17, 15) is 14.7 Å². The summed E-state index contributed by atoms with van der Waals surface area (Å²) >= 11 is 0. The number of anilines is 1. The summed E-state index contributed by atoms with van der Waals surface area (Å²) in [6.07, 6.45) is -0.722. The predicted molar refractivity (Wildman–Crippen MR) is 104 cm³/mol. The molecule has 6 heteroatoms. The van der Waals surface area contributed by atoms with E-state index in [0.717, 1.165) is 28.3 Å². The molecule has 0 radical (unpaired) electrons. The van der Waals surface area contributed by atoms with Crippen molar-refractivity contribution in [2.24, 2.45) is 0 Å². The third-order valence-electron chi connectivity index (χ3n) is 4.83. The van der Waals surface area contributed by atoms with E-state index in [4.69, 9.17) is 9.84 Å². The number of aromatic carboxylic acids is 1. The number of carbonyl (C=O) groups is 2. The molecule has 4 rings (SSSR count). The van der Waals surface area contributed by atoms with Crippen molar-refractivity contribution < 1.29 is 24.5 Å². The molecule has 3 aromatic carbocycles. The summed E-state index contributed by atoms with van der Waals surface area (Å²) in [6.45, 7) is 0.147. The van der Waals surface area contributed by atoms with Gasteiger partial charge in [-0.3, -0.25) is 5.32 Å². The molecule has 1 aliphatic rings. The monoisotopic (exact) mass is 375 g/mol. The number of hydrogen-bond donors (Lipinski definition) is 3. The molecule has 0 aliphatic heterocycles. The number of phenols is 1. The van der Waals surface area contributed by atoms with Crippen LogP contribution in [0.5, 0.6) is 5.75 Å². The van der Waals surface area contributed by atoms with Crippen LogP contribution in [-0.2, 0) is 4.74 Å². The van der Waals surface area contributed by atoms with Crippen LogP contribution in [0.15, 0.2) is 66.7 Å². The molecule has 0 fully saturated rings. The zero-order chi connectivity index (χ0) is 19.7. The van der Waals surface area contributed by atoms with Crippen LogP contribution in [0.25, 0.3) is 11.1 Å². The minimum atomic E-state index is -1.16. The van der Waals surface area contributed by atoms with Crippen LogP contribution in [0.2, 0.25) is 0 Å². The lowest BCUT2D eigenvalue weighted by atomic mass is 9.98. The molecule has 0 bridgehead atoms. The van der Waals surface area contributed by atoms with Crippen molar-refractivity contribution in [2.75, 3.05) is 11.9 Å². The number of benzene rings is 3. The Morgan fingerprint density at radius 3 is 2.11 bits per heavy atom. The van der Waals surface area contributed by atoms with Gasteiger partial charge >= 0.3 is 12.1 Å². The van der Waals surface area contributed by atoms with Gasteiger partial charge in [-0.2, -0.15) is 0 Å². The summed E-state index contributed by atoms with van der Waals surface area (Å²) in [5.41, 5.74) is 4.48. The number of rotatable bonds is 4. The quantitative estimate of drug-likeness (QED) is 0.586. The highest BCUT2D eigenvalue weighted by atomic mass is 16.5. The molecule has 1 amide bonds. The number of carboxylic acids is 1. The van der Waals surface area contributed by atoms with E-state index in [1.165, 1.54) is 12.1 Å². The van der Waals surface area contributed by atoms with E-state index >= 15 is 0 Å². The molecule has 140 valence electrons. The highest BCUT2D eigenvalue weighted by Crippen LogP contribution is 2.44. The Balaban J connectivity index is 1.48. The fourth-order valence-electron chi connectivity index (χ4n) is 3.51. The van der Waals surface area contributed by atoms with Gasteiger partial charge < -0.3 is 14.9 Å². The van der Waals surface area contributed by atoms with Crippen molar-refractivity contribution in [3.8, 4) is 16.9 Å². The second kappa shape index (κ2) is 7.08. The van der Waals surface area contributed by atoms with E-state index in [2.05, 4.69) is 17.4 Å². The van der Waals surface area contributed by atoms with Crippen LogP contribution in [0.3, 0.4) is 0 Å². The third-order valence-corrected chi connectivity index (χ3v) is 4.83. The van der Waals surface area contributed by atoms with Crippen molar-refractivity contribution in [1.82, 2.24) is 0 Å². The molecule has 0 atom stereocenters. The average Bonchev–Trinajstić information content (AvgIpc) is 3.02. The van der Waals surface area contributed by atoms with Crippen LogP contribution < -0.4 is 5.32 Å². The number of fused-ring (bicyclic) bond motifs is 3. The van der Waals surface area contributed by atoms with Crippen molar-refractivity contribution in [2.45, 2.75) is 5.92 Å². The molecule has 0 unspecified atom stereocenters. The highest BCUT2D eigenvalue weighted by molar-refractivity contribution is 5.91. The Hall–Kier alpha value is -3.80. The van der Waals surface area contributed by atoms with Gasteiger partial charge in [0.1, 0.15) is 12.4 Å². The molecule has 0 spiro atoms. The molecular formula is C22H17NO5. The summed E-state index contributed by atoms with van der Waals surface area (Å²) in [7, 11) is 0. The Kier molecular flexibility index (Phi) is 4.45. The number of amides is 1. The lowest BCUT2D eigenvalue weighted by molar-refractivity contribution is 0.0696. The van der Waals surface area contributed by atoms with Gasteiger partial charge in [-0.1, -0.05) is 48.5 Å². The Bertz CT molecular complexity index is 1030. The second-order valence-electron chi connectivity index (χ2n) is 6.49. The van der Waals surface area contributed by atoms with Gasteiger partial charge in [-0.25, -0.2) is 9.59 Å². The van der Waals surface area contributed by atoms with Crippen molar-refractivity contribution in [3.05, 3.63) is 83.4 Å². The number of ether oxygens (including phenoxy) is 1. The first kappa shape index (κ1) is 17.6. The topological polar surface area (TPSA) is 95.9 Å². The van der Waals surface area contributed by atoms with Crippen LogP contribution in [0.1, 0.15) is 27.4 Å². The standard InChI is InChI=1S/C22H17NO5/c24-20-11-13(21(25)26)9-10-19(20)23-22(27)28-12-18-16-7-3-1-5-14(16)15-6-2-4-8-17(15)18/h1-11,18,24H,12H2,(H,23,27)(H,25,26). The summed E-state index contributed by atoms with van der Waals surface area (Å²) in [4.78, 5) is 23.1. The van der Waals surface area contributed by atoms with E-state index in [1.807, 2.05) is 36.4 Å². The zero-order valence-corrected chi connectivity index (χ0v) is 14.8. The fourth-order valence-corrected chi connectivity index (χ4v) is 3.51. The third kappa shape index (κ3) is 3.16. The molecule has 0 saturated carbocycles. The number of carboxylic acid groups (broad SMARTS) is 1. The summed E-state index contributed by atoms with van der Waals surface area (Å²) in [6, 6.07) is 19.7. The predicted octanol–water partition coefficient (Wildman–Crippen LogP) is 4.45. The number of carbonyl (C=O) groups excluding carboxylic acids is 1. The summed E-state index contributed by atoms with van der Waals surface area (Å²) in [5, 5.41) is 21.3. The number of hydrogen-bond acceptors (Lipinski definition) is 4. The maximum atomic E-state index is 12.2. The van der Waals surface area contributed by atoms with Gasteiger partial charge in [-0.05, 0) is 40.5 Å². The minimum absolute atomic E-state index is 0.0684. The van der Waals surface area contributed by atoms with E-state index in [1.54, 1.807) is 0 Å². The first-order valence-corrected chi connectivity index (χ1v) is 8.73. The zero-order valence-electron chi connectivity index (χ0n) is 14.8. The number of aromatic hydroxyl groups is 1. The SMILES string of the molecule is O=C(Nc1ccc(C(=O)O)cc1O)OCC1c2ccccc2-c2ccccc21. The van der Waals surface area contributed by atoms with Crippen LogP contribution in [0, 0.1) is 0 Å². The molecule has 1 aliphatic carbocycles. The first-order valence-electron chi connectivity index (χ1n) is 8.73. The van der Waals surface area contributed by atoms with Crippen LogP contribution in [-0.4, -0.2) is 28.9 Å². The smallest absolute Gasteiger partial charge is 0.411 e. The largest absolute Gasteiger partial charge is 0.506 e. The molecule has 0 heterocycles. The Morgan fingerprint density at radius 2 is 1.54 bits per heavy atom. The number of phenolic OH excluding ortho intramolecular Hbond substituents is 1. The van der Waals surface area contributed by atoms with E-state index < -0.39 is 12.1 Å². The molecule has 3 N–H and O–H groups in total. The van der Waals surface area contributed by atoms with E-state index in [0.29, 0.717) is 0 Å².